The average Bonchev–Trinajstić information content (AvgIpc) is 2.52. The summed E-state index contributed by atoms with van der Waals surface area (Å²) < 4.78 is 0. The maximum absolute atomic E-state index is 10.8. The van der Waals surface area contributed by atoms with E-state index in [0.717, 1.165) is 5.69 Å². The predicted octanol–water partition coefficient (Wildman–Crippen LogP) is 6.05. The quantitative estimate of drug-likeness (QED) is 0.683. The van der Waals surface area contributed by atoms with Gasteiger partial charge in [-0.15, -0.1) is 0 Å². The molecule has 4 heteroatoms. The zero-order valence-corrected chi connectivity index (χ0v) is 13.9. The number of rotatable bonds is 5. The summed E-state index contributed by atoms with van der Waals surface area (Å²) in [5.74, 6) is -0.0882. The highest BCUT2D eigenvalue weighted by atomic mass is 16.4. The normalized spacial score (nSPS) is 11.6. The standard InChI is InChI=1S/C19H22N2O2/c1-12(2)15-9-16(13(3)4)11-18(10-15)21-20-17-7-5-14(6-8-17)19(22)23/h5-13H,1-4H3,(H,22,23). The number of hydrogen-bond donors (Lipinski definition) is 1. The lowest BCUT2D eigenvalue weighted by molar-refractivity contribution is 0.0697. The van der Waals surface area contributed by atoms with Gasteiger partial charge in [0, 0.05) is 0 Å². The summed E-state index contributed by atoms with van der Waals surface area (Å²) in [6, 6.07) is 12.7. The zero-order chi connectivity index (χ0) is 17.0. The van der Waals surface area contributed by atoms with E-state index in [1.54, 1.807) is 12.1 Å². The Balaban J connectivity index is 2.29. The molecule has 0 radical (unpaired) electrons. The summed E-state index contributed by atoms with van der Waals surface area (Å²) in [6.07, 6.45) is 0. The first kappa shape index (κ1) is 16.9. The molecule has 23 heavy (non-hydrogen) atoms. The minimum atomic E-state index is -0.945. The number of benzene rings is 2. The third kappa shape index (κ3) is 4.49. The minimum absolute atomic E-state index is 0.243. The third-order valence-corrected chi connectivity index (χ3v) is 3.69. The van der Waals surface area contributed by atoms with Gasteiger partial charge in [0.1, 0.15) is 0 Å². The second-order valence-corrected chi connectivity index (χ2v) is 6.22. The summed E-state index contributed by atoms with van der Waals surface area (Å²) in [7, 11) is 0. The van der Waals surface area contributed by atoms with Gasteiger partial charge in [-0.1, -0.05) is 33.8 Å². The van der Waals surface area contributed by atoms with E-state index in [0.29, 0.717) is 17.5 Å². The van der Waals surface area contributed by atoms with Crippen LogP contribution in [0.1, 0.15) is 61.0 Å². The van der Waals surface area contributed by atoms with E-state index in [2.05, 4.69) is 44.0 Å². The Kier molecular flexibility index (Phi) is 5.27. The first-order valence-corrected chi connectivity index (χ1v) is 7.77. The SMILES string of the molecule is CC(C)c1cc(N=Nc2ccc(C(=O)O)cc2)cc(C(C)C)c1. The molecule has 0 heterocycles. The van der Waals surface area contributed by atoms with Crippen molar-refractivity contribution in [1.29, 1.82) is 0 Å². The van der Waals surface area contributed by atoms with Gasteiger partial charge in [-0.25, -0.2) is 4.79 Å². The number of aromatic carboxylic acids is 1. The van der Waals surface area contributed by atoms with E-state index in [9.17, 15) is 4.79 Å². The highest BCUT2D eigenvalue weighted by Gasteiger charge is 2.07. The lowest BCUT2D eigenvalue weighted by Gasteiger charge is -2.12. The molecule has 0 saturated carbocycles. The van der Waals surface area contributed by atoms with Gasteiger partial charge < -0.3 is 5.11 Å². The van der Waals surface area contributed by atoms with Gasteiger partial charge in [0.05, 0.1) is 16.9 Å². The molecular formula is C19H22N2O2. The molecule has 0 aliphatic heterocycles. The van der Waals surface area contributed by atoms with Crippen molar-refractivity contribution in [3.63, 3.8) is 0 Å². The molecule has 0 bridgehead atoms. The molecule has 0 amide bonds. The molecule has 0 saturated heterocycles. The van der Waals surface area contributed by atoms with E-state index < -0.39 is 5.97 Å². The van der Waals surface area contributed by atoms with Crippen molar-refractivity contribution in [3.05, 3.63) is 59.2 Å². The van der Waals surface area contributed by atoms with Crippen molar-refractivity contribution in [2.24, 2.45) is 10.2 Å². The van der Waals surface area contributed by atoms with Crippen LogP contribution < -0.4 is 0 Å². The van der Waals surface area contributed by atoms with Gasteiger partial charge in [-0.05, 0) is 59.4 Å². The van der Waals surface area contributed by atoms with E-state index in [1.165, 1.54) is 23.3 Å². The Morgan fingerprint density at radius 1 is 0.826 bits per heavy atom. The monoisotopic (exact) mass is 310 g/mol. The van der Waals surface area contributed by atoms with Crippen molar-refractivity contribution >= 4 is 17.3 Å². The van der Waals surface area contributed by atoms with Gasteiger partial charge in [-0.2, -0.15) is 10.2 Å². The number of hydrogen-bond acceptors (Lipinski definition) is 3. The Morgan fingerprint density at radius 2 is 1.30 bits per heavy atom. The fraction of sp³-hybridized carbons (Fsp3) is 0.316. The molecule has 2 aromatic rings. The van der Waals surface area contributed by atoms with E-state index in [-0.39, 0.29) is 5.56 Å². The number of nitrogens with zero attached hydrogens (tertiary/aromatic N) is 2. The summed E-state index contributed by atoms with van der Waals surface area (Å²) in [4.78, 5) is 10.8. The summed E-state index contributed by atoms with van der Waals surface area (Å²) in [6.45, 7) is 8.63. The summed E-state index contributed by atoms with van der Waals surface area (Å²) in [5.41, 5.74) is 4.18. The lowest BCUT2D eigenvalue weighted by atomic mass is 9.95. The first-order valence-electron chi connectivity index (χ1n) is 7.77. The van der Waals surface area contributed by atoms with Crippen molar-refractivity contribution in [1.82, 2.24) is 0 Å². The van der Waals surface area contributed by atoms with Crippen LogP contribution in [0.3, 0.4) is 0 Å². The predicted molar refractivity (Wildman–Crippen MR) is 92.2 cm³/mol. The van der Waals surface area contributed by atoms with Crippen LogP contribution >= 0.6 is 0 Å². The number of carboxylic acid groups (broad SMARTS) is 1. The third-order valence-electron chi connectivity index (χ3n) is 3.69. The van der Waals surface area contributed by atoms with Crippen molar-refractivity contribution in [2.45, 2.75) is 39.5 Å². The molecule has 2 aromatic carbocycles. The Morgan fingerprint density at radius 3 is 1.74 bits per heavy atom. The van der Waals surface area contributed by atoms with Crippen molar-refractivity contribution < 1.29 is 9.90 Å². The van der Waals surface area contributed by atoms with Crippen LogP contribution in [0, 0.1) is 0 Å². The van der Waals surface area contributed by atoms with Gasteiger partial charge in [0.15, 0.2) is 0 Å². The zero-order valence-electron chi connectivity index (χ0n) is 13.9. The molecule has 0 aliphatic rings. The summed E-state index contributed by atoms with van der Waals surface area (Å²) >= 11 is 0. The molecule has 4 nitrogen and oxygen atoms in total. The van der Waals surface area contributed by atoms with Gasteiger partial charge in [0.25, 0.3) is 0 Å². The fourth-order valence-electron chi connectivity index (χ4n) is 2.17. The van der Waals surface area contributed by atoms with E-state index >= 15 is 0 Å². The van der Waals surface area contributed by atoms with Gasteiger partial charge >= 0.3 is 5.97 Å². The number of carboxylic acids is 1. The highest BCUT2D eigenvalue weighted by molar-refractivity contribution is 5.87. The van der Waals surface area contributed by atoms with Crippen LogP contribution in [0.25, 0.3) is 0 Å². The summed E-state index contributed by atoms with van der Waals surface area (Å²) in [5, 5.41) is 17.4. The van der Waals surface area contributed by atoms with E-state index in [4.69, 9.17) is 5.11 Å². The highest BCUT2D eigenvalue weighted by Crippen LogP contribution is 2.28. The van der Waals surface area contributed by atoms with Crippen molar-refractivity contribution in [2.75, 3.05) is 0 Å². The molecule has 1 N–H and O–H groups in total. The molecule has 0 unspecified atom stereocenters. The van der Waals surface area contributed by atoms with Crippen LogP contribution in [0.5, 0.6) is 0 Å². The first-order chi connectivity index (χ1) is 10.9. The second-order valence-electron chi connectivity index (χ2n) is 6.22. The fourth-order valence-corrected chi connectivity index (χ4v) is 2.17. The molecule has 0 aliphatic carbocycles. The van der Waals surface area contributed by atoms with Crippen LogP contribution in [0.2, 0.25) is 0 Å². The minimum Gasteiger partial charge on any atom is -0.478 e. The van der Waals surface area contributed by atoms with Gasteiger partial charge in [0.2, 0.25) is 0 Å². The van der Waals surface area contributed by atoms with E-state index in [1.807, 2.05) is 12.1 Å². The molecule has 0 spiro atoms. The maximum Gasteiger partial charge on any atom is 0.335 e. The Labute approximate surface area is 136 Å². The van der Waals surface area contributed by atoms with Crippen LogP contribution in [-0.2, 0) is 0 Å². The van der Waals surface area contributed by atoms with Crippen LogP contribution in [0.4, 0.5) is 11.4 Å². The molecule has 0 aromatic heterocycles. The largest absolute Gasteiger partial charge is 0.478 e. The second kappa shape index (κ2) is 7.18. The molecular weight excluding hydrogens is 288 g/mol. The van der Waals surface area contributed by atoms with Crippen molar-refractivity contribution in [3.8, 4) is 0 Å². The molecule has 2 rings (SSSR count). The van der Waals surface area contributed by atoms with Crippen LogP contribution in [0.15, 0.2) is 52.7 Å². The number of azo groups is 1. The lowest BCUT2D eigenvalue weighted by Crippen LogP contribution is -1.94. The Hall–Kier alpha value is -2.49. The smallest absolute Gasteiger partial charge is 0.335 e. The molecule has 0 atom stereocenters. The molecule has 0 fully saturated rings. The average molecular weight is 310 g/mol. The van der Waals surface area contributed by atoms with Gasteiger partial charge in [-0.3, -0.25) is 0 Å². The number of carbonyl (C=O) groups is 1. The van der Waals surface area contributed by atoms with Crippen LogP contribution in [-0.4, -0.2) is 11.1 Å². The Bertz CT molecular complexity index is 690. The molecule has 120 valence electrons. The topological polar surface area (TPSA) is 62.0 Å². The maximum atomic E-state index is 10.8.